The van der Waals surface area contributed by atoms with Crippen LogP contribution in [0.4, 0.5) is 20.2 Å². The van der Waals surface area contributed by atoms with E-state index in [-0.39, 0.29) is 11.5 Å². The number of carbonyl (C=O) groups excluding carboxylic acids is 1. The molecule has 41 heavy (non-hydrogen) atoms. The second-order valence-electron chi connectivity index (χ2n) is 10.7. The number of hydrogen-bond donors (Lipinski definition) is 0. The van der Waals surface area contributed by atoms with E-state index in [0.29, 0.717) is 75.7 Å². The Hall–Kier alpha value is -4.47. The molecule has 7 nitrogen and oxygen atoms in total. The van der Waals surface area contributed by atoms with Gasteiger partial charge in [-0.1, -0.05) is 18.2 Å². The van der Waals surface area contributed by atoms with E-state index < -0.39 is 11.6 Å². The highest BCUT2D eigenvalue weighted by Gasteiger charge is 2.26. The van der Waals surface area contributed by atoms with Crippen LogP contribution >= 0.6 is 0 Å². The van der Waals surface area contributed by atoms with Crippen LogP contribution in [0.5, 0.6) is 0 Å². The monoisotopic (exact) mass is 554 g/mol. The Morgan fingerprint density at radius 1 is 0.756 bits per heavy atom. The van der Waals surface area contributed by atoms with Crippen LogP contribution in [0, 0.1) is 48.1 Å². The summed E-state index contributed by atoms with van der Waals surface area (Å²) in [6.45, 7) is 9.72. The number of aryl methyl sites for hydroxylation is 2. The van der Waals surface area contributed by atoms with Gasteiger partial charge >= 0.3 is 0 Å². The van der Waals surface area contributed by atoms with E-state index in [1.807, 2.05) is 53.1 Å². The van der Waals surface area contributed by atoms with E-state index in [9.17, 15) is 24.1 Å². The van der Waals surface area contributed by atoms with Gasteiger partial charge in [-0.15, -0.1) is 0 Å². The number of carbonyl (C=O) groups is 1. The molecular formula is C32H32F2N6O. The van der Waals surface area contributed by atoms with E-state index in [1.54, 1.807) is 0 Å². The number of hydrogen-bond acceptors (Lipinski definition) is 6. The van der Waals surface area contributed by atoms with Gasteiger partial charge in [0.15, 0.2) is 11.6 Å². The molecule has 0 aromatic heterocycles. The summed E-state index contributed by atoms with van der Waals surface area (Å²) in [5.74, 6) is -1.96. The summed E-state index contributed by atoms with van der Waals surface area (Å²) < 4.78 is 27.5. The van der Waals surface area contributed by atoms with E-state index in [4.69, 9.17) is 0 Å². The second kappa shape index (κ2) is 12.0. The Bertz CT molecular complexity index is 1540. The van der Waals surface area contributed by atoms with Crippen LogP contribution in [0.2, 0.25) is 0 Å². The molecule has 2 saturated heterocycles. The quantitative estimate of drug-likeness (QED) is 0.459. The first-order valence-corrected chi connectivity index (χ1v) is 13.8. The largest absolute Gasteiger partial charge is 0.368 e. The molecule has 210 valence electrons. The molecule has 0 saturated carbocycles. The summed E-state index contributed by atoms with van der Waals surface area (Å²) in [6.07, 6.45) is 0. The Morgan fingerprint density at radius 3 is 2.05 bits per heavy atom. The van der Waals surface area contributed by atoms with Gasteiger partial charge in [0.25, 0.3) is 5.91 Å². The number of amides is 1. The van der Waals surface area contributed by atoms with Crippen LogP contribution < -0.4 is 9.80 Å². The fourth-order valence-corrected chi connectivity index (χ4v) is 5.74. The van der Waals surface area contributed by atoms with Gasteiger partial charge in [0, 0.05) is 70.5 Å². The van der Waals surface area contributed by atoms with Crippen LogP contribution in [0.1, 0.15) is 38.2 Å². The molecule has 3 aromatic rings. The molecule has 2 heterocycles. The highest BCUT2D eigenvalue weighted by molar-refractivity contribution is 5.96. The zero-order valence-electron chi connectivity index (χ0n) is 23.3. The van der Waals surface area contributed by atoms with Crippen molar-refractivity contribution in [3.63, 3.8) is 0 Å². The van der Waals surface area contributed by atoms with Crippen molar-refractivity contribution >= 4 is 17.3 Å². The lowest BCUT2D eigenvalue weighted by atomic mass is 9.98. The molecule has 2 fully saturated rings. The average Bonchev–Trinajstić information content (AvgIpc) is 2.99. The van der Waals surface area contributed by atoms with Crippen LogP contribution in [0.25, 0.3) is 0 Å². The first-order chi connectivity index (χ1) is 19.8. The molecule has 1 amide bonds. The number of nitrogens with zero attached hydrogens (tertiary/aromatic N) is 6. The van der Waals surface area contributed by atoms with Crippen molar-refractivity contribution in [2.45, 2.75) is 20.4 Å². The first kappa shape index (κ1) is 28.1. The third-order valence-electron chi connectivity index (χ3n) is 8.11. The summed E-state index contributed by atoms with van der Waals surface area (Å²) in [6, 6.07) is 17.9. The molecule has 0 spiro atoms. The Kier molecular flexibility index (Phi) is 8.19. The summed E-state index contributed by atoms with van der Waals surface area (Å²) >= 11 is 0. The number of anilines is 2. The van der Waals surface area contributed by atoms with Gasteiger partial charge in [-0.3, -0.25) is 9.69 Å². The maximum atomic E-state index is 13.9. The number of nitriles is 2. The third kappa shape index (κ3) is 5.86. The van der Waals surface area contributed by atoms with Crippen molar-refractivity contribution in [1.82, 2.24) is 9.80 Å². The molecular weight excluding hydrogens is 522 g/mol. The number of rotatable bonds is 5. The highest BCUT2D eigenvalue weighted by Crippen LogP contribution is 2.27. The van der Waals surface area contributed by atoms with Gasteiger partial charge in [-0.2, -0.15) is 10.5 Å². The number of piperazine rings is 2. The van der Waals surface area contributed by atoms with Crippen LogP contribution in [0.15, 0.2) is 48.5 Å². The second-order valence-corrected chi connectivity index (χ2v) is 10.7. The summed E-state index contributed by atoms with van der Waals surface area (Å²) in [5.41, 5.74) is 5.95. The fraction of sp³-hybridized carbons (Fsp3) is 0.344. The van der Waals surface area contributed by atoms with Crippen LogP contribution in [-0.2, 0) is 6.54 Å². The van der Waals surface area contributed by atoms with E-state index >= 15 is 0 Å². The van der Waals surface area contributed by atoms with Gasteiger partial charge in [0.05, 0.1) is 22.5 Å². The molecule has 0 aliphatic carbocycles. The number of benzene rings is 3. The molecule has 0 radical (unpaired) electrons. The SMILES string of the molecule is Cc1cc(C)c(C(=O)N2CCN(c3ccccc3C#N)CC2)cc1CN1CCN(c2cc(F)c(F)cc2C#N)CC1. The van der Waals surface area contributed by atoms with Crippen molar-refractivity contribution < 1.29 is 13.6 Å². The number of para-hydroxylation sites is 1. The van der Waals surface area contributed by atoms with E-state index in [2.05, 4.69) is 28.9 Å². The van der Waals surface area contributed by atoms with Gasteiger partial charge in [0.2, 0.25) is 0 Å². The van der Waals surface area contributed by atoms with Crippen LogP contribution in [-0.4, -0.2) is 68.1 Å². The lowest BCUT2D eigenvalue weighted by molar-refractivity contribution is 0.0746. The van der Waals surface area contributed by atoms with Crippen molar-refractivity contribution in [2.24, 2.45) is 0 Å². The van der Waals surface area contributed by atoms with E-state index in [1.165, 1.54) is 0 Å². The Morgan fingerprint density at radius 2 is 1.37 bits per heavy atom. The van der Waals surface area contributed by atoms with Crippen LogP contribution in [0.3, 0.4) is 0 Å². The minimum absolute atomic E-state index is 0.0177. The topological polar surface area (TPSA) is 77.6 Å². The predicted octanol–water partition coefficient (Wildman–Crippen LogP) is 4.61. The lowest BCUT2D eigenvalue weighted by Gasteiger charge is -2.37. The zero-order valence-corrected chi connectivity index (χ0v) is 23.3. The predicted molar refractivity (Wildman–Crippen MR) is 154 cm³/mol. The Labute approximate surface area is 239 Å². The fourth-order valence-electron chi connectivity index (χ4n) is 5.74. The molecule has 0 atom stereocenters. The smallest absolute Gasteiger partial charge is 0.254 e. The Balaban J connectivity index is 1.23. The van der Waals surface area contributed by atoms with Gasteiger partial charge in [-0.05, 0) is 54.8 Å². The normalized spacial score (nSPS) is 15.9. The van der Waals surface area contributed by atoms with Crippen molar-refractivity contribution in [3.05, 3.63) is 93.5 Å². The molecule has 2 aliphatic rings. The minimum atomic E-state index is -1.02. The molecule has 0 unspecified atom stereocenters. The maximum Gasteiger partial charge on any atom is 0.254 e. The molecule has 9 heteroatoms. The molecule has 3 aromatic carbocycles. The maximum absolute atomic E-state index is 13.9. The lowest BCUT2D eigenvalue weighted by Crippen LogP contribution is -2.49. The molecule has 2 aliphatic heterocycles. The zero-order chi connectivity index (χ0) is 29.1. The third-order valence-corrected chi connectivity index (χ3v) is 8.11. The van der Waals surface area contributed by atoms with Crippen molar-refractivity contribution in [1.29, 1.82) is 10.5 Å². The van der Waals surface area contributed by atoms with Gasteiger partial charge in [0.1, 0.15) is 12.1 Å². The van der Waals surface area contributed by atoms with Crippen molar-refractivity contribution in [3.8, 4) is 12.1 Å². The molecule has 0 N–H and O–H groups in total. The summed E-state index contributed by atoms with van der Waals surface area (Å²) in [7, 11) is 0. The molecule has 0 bridgehead atoms. The van der Waals surface area contributed by atoms with E-state index in [0.717, 1.165) is 34.5 Å². The highest BCUT2D eigenvalue weighted by atomic mass is 19.2. The number of halogens is 2. The van der Waals surface area contributed by atoms with Gasteiger partial charge in [-0.25, -0.2) is 8.78 Å². The van der Waals surface area contributed by atoms with Gasteiger partial charge < -0.3 is 14.7 Å². The summed E-state index contributed by atoms with van der Waals surface area (Å²) in [5, 5.41) is 18.8. The average molecular weight is 555 g/mol. The summed E-state index contributed by atoms with van der Waals surface area (Å²) in [4.78, 5) is 21.9. The molecule has 5 rings (SSSR count). The first-order valence-electron chi connectivity index (χ1n) is 13.8. The van der Waals surface area contributed by atoms with Crippen molar-refractivity contribution in [2.75, 3.05) is 62.2 Å². The minimum Gasteiger partial charge on any atom is -0.368 e. The standard InChI is InChI=1S/C32H32F2N6O/c1-22-15-23(2)27(32(41)40-13-11-38(12-14-40)30-6-4-3-5-24(30)19-35)16-26(22)21-37-7-9-39(10-8-37)31-18-29(34)28(33)17-25(31)20-36/h3-6,15-18H,7-14,21H2,1-2H3.